The van der Waals surface area contributed by atoms with Gasteiger partial charge < -0.3 is 30.3 Å². The van der Waals surface area contributed by atoms with Crippen LogP contribution in [-0.2, 0) is 4.74 Å². The molecular formula is C23H32O7. The highest BCUT2D eigenvalue weighted by molar-refractivity contribution is 5.94. The number of ether oxygens (including phenoxy) is 1. The van der Waals surface area contributed by atoms with E-state index < -0.39 is 47.5 Å². The number of phenolic OH excluding ortho intramolecular Hbond substituents is 2. The molecule has 3 fully saturated rings. The standard InChI is InChI=1S/C23H32O7/c1-11-5-12(25)6-16(26)18(11)20(28)30-17-9-22(4)14-8-21(2,3)7-13(14)19(27)15(10-24)23(17,22)29/h5-6,13-15,17,19,24-27,29H,7-10H2,1-4H3. The van der Waals surface area contributed by atoms with E-state index in [1.807, 2.05) is 6.92 Å². The Hall–Kier alpha value is -1.83. The lowest BCUT2D eigenvalue weighted by Crippen LogP contribution is -2.79. The van der Waals surface area contributed by atoms with Crippen molar-refractivity contribution in [1.82, 2.24) is 0 Å². The molecule has 7 unspecified atom stereocenters. The van der Waals surface area contributed by atoms with Crippen LogP contribution in [0.2, 0.25) is 0 Å². The summed E-state index contributed by atoms with van der Waals surface area (Å²) in [4.78, 5) is 12.8. The number of carbonyl (C=O) groups is 1. The molecule has 1 aromatic rings. The smallest absolute Gasteiger partial charge is 0.342 e. The third-order valence-electron chi connectivity index (χ3n) is 8.28. The number of aliphatic hydroxyl groups excluding tert-OH is 2. The Morgan fingerprint density at radius 1 is 1.17 bits per heavy atom. The van der Waals surface area contributed by atoms with E-state index in [-0.39, 0.29) is 28.6 Å². The molecule has 0 bridgehead atoms. The average molecular weight is 421 g/mol. The van der Waals surface area contributed by atoms with Gasteiger partial charge in [0.1, 0.15) is 28.8 Å². The number of fused-ring (bicyclic) bond motifs is 3. The largest absolute Gasteiger partial charge is 0.508 e. The zero-order valence-electron chi connectivity index (χ0n) is 17.9. The van der Waals surface area contributed by atoms with Crippen LogP contribution >= 0.6 is 0 Å². The van der Waals surface area contributed by atoms with Crippen molar-refractivity contribution in [3.05, 3.63) is 23.3 Å². The first-order valence-electron chi connectivity index (χ1n) is 10.6. The van der Waals surface area contributed by atoms with E-state index in [1.165, 1.54) is 6.07 Å². The highest BCUT2D eigenvalue weighted by Gasteiger charge is 2.76. The van der Waals surface area contributed by atoms with Crippen molar-refractivity contribution in [1.29, 1.82) is 0 Å². The lowest BCUT2D eigenvalue weighted by Gasteiger charge is -2.69. The van der Waals surface area contributed by atoms with Crippen LogP contribution in [0, 0.1) is 35.5 Å². The molecule has 4 rings (SSSR count). The number of phenols is 2. The molecule has 7 atom stereocenters. The molecule has 3 aliphatic rings. The molecule has 7 heteroatoms. The zero-order valence-corrected chi connectivity index (χ0v) is 17.9. The number of carbonyl (C=O) groups excluding carboxylic acids is 1. The fourth-order valence-corrected chi connectivity index (χ4v) is 6.86. The van der Waals surface area contributed by atoms with Crippen LogP contribution in [-0.4, -0.2) is 55.9 Å². The van der Waals surface area contributed by atoms with Crippen LogP contribution in [0.25, 0.3) is 0 Å². The van der Waals surface area contributed by atoms with Gasteiger partial charge >= 0.3 is 5.97 Å². The third-order valence-corrected chi connectivity index (χ3v) is 8.28. The second-order valence-electron chi connectivity index (χ2n) is 10.6. The number of benzene rings is 1. The number of hydrogen-bond acceptors (Lipinski definition) is 7. The summed E-state index contributed by atoms with van der Waals surface area (Å²) in [5.41, 5.74) is -1.83. The van der Waals surface area contributed by atoms with Crippen LogP contribution in [0.15, 0.2) is 12.1 Å². The van der Waals surface area contributed by atoms with Gasteiger partial charge in [0.05, 0.1) is 12.7 Å². The number of hydrogen-bond donors (Lipinski definition) is 5. The van der Waals surface area contributed by atoms with Gasteiger partial charge in [0.15, 0.2) is 0 Å². The number of esters is 1. The number of rotatable bonds is 3. The average Bonchev–Trinajstić information content (AvgIpc) is 2.96. The van der Waals surface area contributed by atoms with E-state index in [4.69, 9.17) is 4.74 Å². The Balaban J connectivity index is 1.65. The maximum absolute atomic E-state index is 12.8. The van der Waals surface area contributed by atoms with Crippen LogP contribution in [0.3, 0.4) is 0 Å². The maximum atomic E-state index is 12.8. The van der Waals surface area contributed by atoms with E-state index in [1.54, 1.807) is 6.92 Å². The molecule has 0 spiro atoms. The molecule has 3 aliphatic carbocycles. The minimum absolute atomic E-state index is 0.0116. The zero-order chi connectivity index (χ0) is 22.2. The predicted octanol–water partition coefficient (Wildman–Crippen LogP) is 2.11. The van der Waals surface area contributed by atoms with E-state index in [9.17, 15) is 30.3 Å². The van der Waals surface area contributed by atoms with Crippen molar-refractivity contribution in [3.63, 3.8) is 0 Å². The van der Waals surface area contributed by atoms with Crippen molar-refractivity contribution in [2.75, 3.05) is 6.61 Å². The molecule has 1 aromatic carbocycles. The number of aliphatic hydroxyl groups is 3. The summed E-state index contributed by atoms with van der Waals surface area (Å²) < 4.78 is 5.64. The normalized spacial score (nSPS) is 41.5. The Bertz CT molecular complexity index is 857. The summed E-state index contributed by atoms with van der Waals surface area (Å²) in [6.07, 6.45) is 0.313. The molecule has 0 aromatic heterocycles. The van der Waals surface area contributed by atoms with E-state index >= 15 is 0 Å². The minimum Gasteiger partial charge on any atom is -0.508 e. The van der Waals surface area contributed by atoms with Gasteiger partial charge in [-0.15, -0.1) is 0 Å². The maximum Gasteiger partial charge on any atom is 0.342 e. The van der Waals surface area contributed by atoms with Gasteiger partial charge in [-0.25, -0.2) is 4.79 Å². The molecule has 0 heterocycles. The number of aromatic hydroxyl groups is 2. The van der Waals surface area contributed by atoms with Gasteiger partial charge in [-0.2, -0.15) is 0 Å². The molecule has 30 heavy (non-hydrogen) atoms. The van der Waals surface area contributed by atoms with Crippen molar-refractivity contribution in [2.45, 2.75) is 64.8 Å². The SMILES string of the molecule is Cc1cc(O)cc(O)c1C(=O)OC1CC2(C)C3CC(C)(C)CC3C(O)C(CO)C12O. The van der Waals surface area contributed by atoms with Gasteiger partial charge in [0.2, 0.25) is 0 Å². The van der Waals surface area contributed by atoms with Gasteiger partial charge in [0.25, 0.3) is 0 Å². The van der Waals surface area contributed by atoms with Crippen molar-refractivity contribution in [2.24, 2.45) is 28.6 Å². The third kappa shape index (κ3) is 2.71. The van der Waals surface area contributed by atoms with Crippen LogP contribution in [0.5, 0.6) is 11.5 Å². The lowest BCUT2D eigenvalue weighted by atomic mass is 9.40. The molecule has 0 aliphatic heterocycles. The molecule has 3 saturated carbocycles. The molecular weight excluding hydrogens is 388 g/mol. The van der Waals surface area contributed by atoms with Crippen molar-refractivity contribution < 1.29 is 35.1 Å². The van der Waals surface area contributed by atoms with Crippen molar-refractivity contribution >= 4 is 5.97 Å². The summed E-state index contributed by atoms with van der Waals surface area (Å²) in [7, 11) is 0. The molecule has 7 nitrogen and oxygen atoms in total. The number of aryl methyl sites for hydroxylation is 1. The summed E-state index contributed by atoms with van der Waals surface area (Å²) in [6, 6.07) is 2.41. The highest BCUT2D eigenvalue weighted by Crippen LogP contribution is 2.70. The summed E-state index contributed by atoms with van der Waals surface area (Å²) in [5.74, 6) is -2.13. The second kappa shape index (κ2) is 6.58. The van der Waals surface area contributed by atoms with Crippen LogP contribution < -0.4 is 0 Å². The van der Waals surface area contributed by atoms with Gasteiger partial charge in [0, 0.05) is 17.4 Å². The van der Waals surface area contributed by atoms with Gasteiger partial charge in [-0.3, -0.25) is 0 Å². The minimum atomic E-state index is -1.56. The van der Waals surface area contributed by atoms with Crippen LogP contribution in [0.1, 0.15) is 56.0 Å². The quantitative estimate of drug-likeness (QED) is 0.474. The monoisotopic (exact) mass is 420 g/mol. The summed E-state index contributed by atoms with van der Waals surface area (Å²) in [6.45, 7) is 7.44. The van der Waals surface area contributed by atoms with Crippen molar-refractivity contribution in [3.8, 4) is 11.5 Å². The van der Waals surface area contributed by atoms with E-state index in [2.05, 4.69) is 13.8 Å². The summed E-state index contributed by atoms with van der Waals surface area (Å²) >= 11 is 0. The Kier molecular flexibility index (Phi) is 4.70. The Morgan fingerprint density at radius 2 is 1.83 bits per heavy atom. The summed E-state index contributed by atoms with van der Waals surface area (Å²) in [5, 5.41) is 52.6. The second-order valence-corrected chi connectivity index (χ2v) is 10.6. The first-order valence-corrected chi connectivity index (χ1v) is 10.6. The Labute approximate surface area is 176 Å². The van der Waals surface area contributed by atoms with E-state index in [0.29, 0.717) is 12.0 Å². The predicted molar refractivity (Wildman–Crippen MR) is 108 cm³/mol. The molecule has 0 radical (unpaired) electrons. The molecule has 5 N–H and O–H groups in total. The molecule has 166 valence electrons. The van der Waals surface area contributed by atoms with Gasteiger partial charge in [-0.05, 0) is 55.1 Å². The fraction of sp³-hybridized carbons (Fsp3) is 0.696. The Morgan fingerprint density at radius 3 is 2.43 bits per heavy atom. The van der Waals surface area contributed by atoms with Gasteiger partial charge in [-0.1, -0.05) is 20.8 Å². The fourth-order valence-electron chi connectivity index (χ4n) is 6.86. The lowest BCUT2D eigenvalue weighted by molar-refractivity contribution is -0.332. The molecule has 0 amide bonds. The molecule has 0 saturated heterocycles. The topological polar surface area (TPSA) is 127 Å². The van der Waals surface area contributed by atoms with E-state index in [0.717, 1.165) is 18.9 Å². The first-order chi connectivity index (χ1) is 13.9. The van der Waals surface area contributed by atoms with Crippen LogP contribution in [0.4, 0.5) is 0 Å². The highest BCUT2D eigenvalue weighted by atomic mass is 16.6. The first kappa shape index (κ1) is 21.4.